The van der Waals surface area contributed by atoms with Crippen molar-refractivity contribution in [1.82, 2.24) is 19.2 Å². The van der Waals surface area contributed by atoms with Crippen molar-refractivity contribution < 1.29 is 14.3 Å². The van der Waals surface area contributed by atoms with Crippen molar-refractivity contribution in [2.75, 3.05) is 12.1 Å². The summed E-state index contributed by atoms with van der Waals surface area (Å²) in [6.07, 6.45) is 2.81. The lowest BCUT2D eigenvalue weighted by atomic mass is 10.00. The van der Waals surface area contributed by atoms with Gasteiger partial charge >= 0.3 is 6.03 Å². The number of amides is 2. The second-order valence-electron chi connectivity index (χ2n) is 10.1. The van der Waals surface area contributed by atoms with Gasteiger partial charge in [-0.25, -0.2) is 9.48 Å². The van der Waals surface area contributed by atoms with Crippen molar-refractivity contribution in [3.63, 3.8) is 0 Å². The number of aromatic nitrogens is 3. The first kappa shape index (κ1) is 24.1. The molecule has 1 atom stereocenters. The van der Waals surface area contributed by atoms with Gasteiger partial charge in [0.15, 0.2) is 11.5 Å². The molecular weight excluding hydrogens is 502 g/mol. The second-order valence-corrected chi connectivity index (χ2v) is 10.1. The van der Waals surface area contributed by atoms with E-state index in [1.165, 1.54) is 0 Å². The number of para-hydroxylation sites is 1. The fraction of sp³-hybridized carbons (Fsp3) is 0.188. The number of rotatable bonds is 4. The number of ether oxygens (including phenoxy) is 2. The number of hydrogen-bond donors (Lipinski definition) is 1. The van der Waals surface area contributed by atoms with Crippen molar-refractivity contribution in [2.45, 2.75) is 32.9 Å². The number of carbonyl (C=O) groups is 1. The molecule has 5 aromatic rings. The molecule has 4 heterocycles. The minimum Gasteiger partial charge on any atom is -0.454 e. The SMILES string of the molecule is CCc1nn(-c2ccccc2)c2c1CN(C(=O)Nc1ccc3c(c1)OCO3)C(c1cccc(C)c1)c1cccn1-2. The Bertz CT molecular complexity index is 1720. The van der Waals surface area contributed by atoms with Crippen LogP contribution in [0.3, 0.4) is 0 Å². The van der Waals surface area contributed by atoms with Crippen molar-refractivity contribution in [2.24, 2.45) is 0 Å². The number of nitrogens with one attached hydrogen (secondary N) is 1. The van der Waals surface area contributed by atoms with Crippen LogP contribution in [0.15, 0.2) is 91.1 Å². The van der Waals surface area contributed by atoms with E-state index in [4.69, 9.17) is 14.6 Å². The van der Waals surface area contributed by atoms with E-state index in [2.05, 4.69) is 66.3 Å². The van der Waals surface area contributed by atoms with Crippen LogP contribution in [0.5, 0.6) is 11.5 Å². The first-order valence-electron chi connectivity index (χ1n) is 13.5. The number of nitrogens with zero attached hydrogens (tertiary/aromatic N) is 4. The van der Waals surface area contributed by atoms with Crippen LogP contribution in [0.25, 0.3) is 11.5 Å². The minimum absolute atomic E-state index is 0.180. The molecule has 3 aromatic carbocycles. The zero-order valence-electron chi connectivity index (χ0n) is 22.4. The van der Waals surface area contributed by atoms with Crippen LogP contribution in [0.1, 0.15) is 41.0 Å². The van der Waals surface area contributed by atoms with E-state index in [9.17, 15) is 4.79 Å². The average Bonchev–Trinajstić information content (AvgIpc) is 3.70. The third-order valence-corrected chi connectivity index (χ3v) is 7.55. The van der Waals surface area contributed by atoms with Crippen LogP contribution in [-0.4, -0.2) is 32.1 Å². The highest BCUT2D eigenvalue weighted by Crippen LogP contribution is 2.40. The van der Waals surface area contributed by atoms with Gasteiger partial charge in [0.25, 0.3) is 0 Å². The van der Waals surface area contributed by atoms with Gasteiger partial charge in [-0.1, -0.05) is 55.0 Å². The molecule has 40 heavy (non-hydrogen) atoms. The summed E-state index contributed by atoms with van der Waals surface area (Å²) in [4.78, 5) is 16.1. The predicted molar refractivity (Wildman–Crippen MR) is 152 cm³/mol. The second kappa shape index (κ2) is 9.64. The molecule has 2 aromatic heterocycles. The lowest BCUT2D eigenvalue weighted by Gasteiger charge is -2.31. The Balaban J connectivity index is 1.39. The van der Waals surface area contributed by atoms with Crippen molar-refractivity contribution >= 4 is 11.7 Å². The molecule has 8 nitrogen and oxygen atoms in total. The van der Waals surface area contributed by atoms with Gasteiger partial charge in [0.2, 0.25) is 6.79 Å². The maximum Gasteiger partial charge on any atom is 0.322 e. The van der Waals surface area contributed by atoms with Gasteiger partial charge in [-0.3, -0.25) is 0 Å². The van der Waals surface area contributed by atoms with E-state index in [-0.39, 0.29) is 18.9 Å². The Labute approximate surface area is 232 Å². The van der Waals surface area contributed by atoms with Crippen molar-refractivity contribution in [3.8, 4) is 23.0 Å². The molecule has 200 valence electrons. The number of urea groups is 1. The summed E-state index contributed by atoms with van der Waals surface area (Å²) in [6.45, 7) is 4.75. The van der Waals surface area contributed by atoms with Crippen LogP contribution in [0.4, 0.5) is 10.5 Å². The van der Waals surface area contributed by atoms with Crippen LogP contribution in [0.2, 0.25) is 0 Å². The average molecular weight is 532 g/mol. The van der Waals surface area contributed by atoms with Crippen LogP contribution in [-0.2, 0) is 13.0 Å². The summed E-state index contributed by atoms with van der Waals surface area (Å²) < 4.78 is 15.2. The molecule has 0 aliphatic carbocycles. The molecule has 2 aliphatic rings. The first-order chi connectivity index (χ1) is 19.6. The molecule has 0 saturated carbocycles. The fourth-order valence-corrected chi connectivity index (χ4v) is 5.71. The highest BCUT2D eigenvalue weighted by molar-refractivity contribution is 5.90. The Hall–Kier alpha value is -4.98. The topological polar surface area (TPSA) is 73.6 Å². The number of benzene rings is 3. The third-order valence-electron chi connectivity index (χ3n) is 7.55. The summed E-state index contributed by atoms with van der Waals surface area (Å²) in [5.74, 6) is 2.25. The van der Waals surface area contributed by atoms with E-state index in [1.54, 1.807) is 6.07 Å². The maximum absolute atomic E-state index is 14.2. The predicted octanol–water partition coefficient (Wildman–Crippen LogP) is 6.40. The highest BCUT2D eigenvalue weighted by atomic mass is 16.7. The van der Waals surface area contributed by atoms with E-state index in [1.807, 2.05) is 52.0 Å². The Kier molecular flexibility index (Phi) is 5.81. The Morgan fingerprint density at radius 3 is 2.65 bits per heavy atom. The molecule has 7 rings (SSSR count). The number of aryl methyl sites for hydroxylation is 2. The van der Waals surface area contributed by atoms with Crippen LogP contribution in [0, 0.1) is 6.92 Å². The summed E-state index contributed by atoms with van der Waals surface area (Å²) in [5, 5.41) is 8.16. The van der Waals surface area contributed by atoms with E-state index >= 15 is 0 Å². The summed E-state index contributed by atoms with van der Waals surface area (Å²) >= 11 is 0. The van der Waals surface area contributed by atoms with Gasteiger partial charge in [-0.15, -0.1) is 0 Å². The molecule has 1 N–H and O–H groups in total. The number of fused-ring (bicyclic) bond motifs is 4. The number of hydrogen-bond acceptors (Lipinski definition) is 4. The monoisotopic (exact) mass is 531 g/mol. The zero-order chi connectivity index (χ0) is 27.2. The molecule has 2 aliphatic heterocycles. The van der Waals surface area contributed by atoms with Crippen molar-refractivity contribution in [1.29, 1.82) is 0 Å². The summed E-state index contributed by atoms with van der Waals surface area (Å²) in [7, 11) is 0. The molecule has 0 saturated heterocycles. The van der Waals surface area contributed by atoms with Gasteiger partial charge in [0, 0.05) is 23.5 Å². The normalized spacial score (nSPS) is 15.3. The number of carbonyl (C=O) groups excluding carboxylic acids is 1. The third kappa shape index (κ3) is 4.00. The first-order valence-corrected chi connectivity index (χ1v) is 13.5. The van der Waals surface area contributed by atoms with Gasteiger partial charge < -0.3 is 24.3 Å². The lowest BCUT2D eigenvalue weighted by molar-refractivity contribution is 0.174. The smallest absolute Gasteiger partial charge is 0.322 e. The quantitative estimate of drug-likeness (QED) is 0.291. The molecule has 0 radical (unpaired) electrons. The fourth-order valence-electron chi connectivity index (χ4n) is 5.71. The van der Waals surface area contributed by atoms with Crippen LogP contribution < -0.4 is 14.8 Å². The minimum atomic E-state index is -0.328. The van der Waals surface area contributed by atoms with Gasteiger partial charge in [0.1, 0.15) is 5.82 Å². The standard InChI is InChI=1S/C32H29N5O3/c1-3-26-25-19-36(32(38)33-23-14-15-28-29(18-23)40-20-39-28)30(22-10-7-9-21(2)17-22)27-13-8-16-35(27)31(25)37(34-26)24-11-5-4-6-12-24/h4-18,30H,3,19-20H2,1-2H3,(H,33,38). The molecule has 8 heteroatoms. The largest absolute Gasteiger partial charge is 0.454 e. The molecule has 2 amide bonds. The Morgan fingerprint density at radius 1 is 0.975 bits per heavy atom. The summed E-state index contributed by atoms with van der Waals surface area (Å²) in [5.41, 5.74) is 6.78. The van der Waals surface area contributed by atoms with Gasteiger partial charge in [0.05, 0.1) is 29.7 Å². The van der Waals surface area contributed by atoms with Gasteiger partial charge in [-0.05, 0) is 55.3 Å². The molecule has 1 unspecified atom stereocenters. The molecule has 0 bridgehead atoms. The van der Waals surface area contributed by atoms with Crippen molar-refractivity contribution in [3.05, 3.63) is 119 Å². The molecule has 0 spiro atoms. The lowest BCUT2D eigenvalue weighted by Crippen LogP contribution is -2.38. The van der Waals surface area contributed by atoms with E-state index < -0.39 is 0 Å². The maximum atomic E-state index is 14.2. The van der Waals surface area contributed by atoms with E-state index in [0.29, 0.717) is 23.7 Å². The molecular formula is C32H29N5O3. The van der Waals surface area contributed by atoms with Gasteiger partial charge in [-0.2, -0.15) is 5.10 Å². The van der Waals surface area contributed by atoms with E-state index in [0.717, 1.165) is 46.0 Å². The molecule has 0 fully saturated rings. The van der Waals surface area contributed by atoms with Crippen LogP contribution >= 0.6 is 0 Å². The highest BCUT2D eigenvalue weighted by Gasteiger charge is 2.36. The zero-order valence-corrected chi connectivity index (χ0v) is 22.4. The Morgan fingerprint density at radius 2 is 1.82 bits per heavy atom. The number of anilines is 1. The summed E-state index contributed by atoms with van der Waals surface area (Å²) in [6, 6.07) is 27.6.